The highest BCUT2D eigenvalue weighted by Crippen LogP contribution is 2.17. The molecule has 0 radical (unpaired) electrons. The predicted octanol–water partition coefficient (Wildman–Crippen LogP) is 2.21. The topological polar surface area (TPSA) is 68.0 Å². The Kier molecular flexibility index (Phi) is 3.39. The van der Waals surface area contributed by atoms with Gasteiger partial charge in [-0.15, -0.1) is 11.3 Å². The molecule has 0 aliphatic heterocycles. The van der Waals surface area contributed by atoms with Crippen LogP contribution in [0.25, 0.3) is 0 Å². The summed E-state index contributed by atoms with van der Waals surface area (Å²) in [7, 11) is 0. The minimum Gasteiger partial charge on any atom is -0.399 e. The number of hydrogen-bond donors (Lipinski definition) is 2. The number of anilines is 2. The lowest BCUT2D eigenvalue weighted by molar-refractivity contribution is -0.115. The van der Waals surface area contributed by atoms with Gasteiger partial charge in [0.25, 0.3) is 0 Å². The number of thiazole rings is 1. The zero-order chi connectivity index (χ0) is 12.3. The van der Waals surface area contributed by atoms with Gasteiger partial charge in [0.2, 0.25) is 5.91 Å². The highest BCUT2D eigenvalue weighted by molar-refractivity contribution is 7.15. The number of nitrogens with zero attached hydrogens (tertiary/aromatic N) is 1. The van der Waals surface area contributed by atoms with Crippen LogP contribution in [0.15, 0.2) is 30.5 Å². The van der Waals surface area contributed by atoms with E-state index in [0.29, 0.717) is 17.2 Å². The fourth-order valence-corrected chi connectivity index (χ4v) is 2.15. The first-order valence-corrected chi connectivity index (χ1v) is 6.02. The number of amides is 1. The lowest BCUT2D eigenvalue weighted by Gasteiger charge is -2.02. The normalized spacial score (nSPS) is 10.2. The highest BCUT2D eigenvalue weighted by atomic mass is 32.1. The number of nitrogens with two attached hydrogens (primary N) is 1. The molecular formula is C12H13N3OS. The van der Waals surface area contributed by atoms with Crippen LogP contribution in [-0.4, -0.2) is 10.9 Å². The fraction of sp³-hybridized carbons (Fsp3) is 0.167. The molecular weight excluding hydrogens is 234 g/mol. The summed E-state index contributed by atoms with van der Waals surface area (Å²) in [4.78, 5) is 16.9. The van der Waals surface area contributed by atoms with Gasteiger partial charge in [0, 0.05) is 16.8 Å². The van der Waals surface area contributed by atoms with Crippen molar-refractivity contribution in [2.75, 3.05) is 11.1 Å². The maximum atomic E-state index is 11.7. The lowest BCUT2D eigenvalue weighted by atomic mass is 10.1. The monoisotopic (exact) mass is 247 g/mol. The van der Waals surface area contributed by atoms with Gasteiger partial charge in [-0.3, -0.25) is 4.79 Å². The molecule has 3 N–H and O–H groups in total. The number of carbonyl (C=O) groups excluding carboxylic acids is 1. The largest absolute Gasteiger partial charge is 0.399 e. The van der Waals surface area contributed by atoms with E-state index in [1.807, 2.05) is 19.1 Å². The van der Waals surface area contributed by atoms with Crippen molar-refractivity contribution in [3.05, 3.63) is 40.9 Å². The summed E-state index contributed by atoms with van der Waals surface area (Å²) in [6.45, 7) is 1.95. The van der Waals surface area contributed by atoms with Crippen LogP contribution in [0.2, 0.25) is 0 Å². The fourth-order valence-electron chi connectivity index (χ4n) is 1.46. The minimum atomic E-state index is -0.0787. The summed E-state index contributed by atoms with van der Waals surface area (Å²) in [5.41, 5.74) is 7.21. The molecule has 2 aromatic rings. The van der Waals surface area contributed by atoms with Gasteiger partial charge in [0.1, 0.15) is 0 Å². The maximum Gasteiger partial charge on any atom is 0.230 e. The van der Waals surface area contributed by atoms with E-state index < -0.39 is 0 Å². The summed E-state index contributed by atoms with van der Waals surface area (Å²) in [5.74, 6) is -0.0787. The molecule has 1 heterocycles. The van der Waals surface area contributed by atoms with Crippen molar-refractivity contribution in [1.82, 2.24) is 4.98 Å². The summed E-state index contributed by atoms with van der Waals surface area (Å²) in [6, 6.07) is 7.31. The van der Waals surface area contributed by atoms with Crippen LogP contribution < -0.4 is 11.1 Å². The molecule has 17 heavy (non-hydrogen) atoms. The summed E-state index contributed by atoms with van der Waals surface area (Å²) in [5, 5.41) is 3.39. The van der Waals surface area contributed by atoms with Crippen LogP contribution in [0, 0.1) is 6.92 Å². The van der Waals surface area contributed by atoms with Gasteiger partial charge >= 0.3 is 0 Å². The van der Waals surface area contributed by atoms with Crippen molar-refractivity contribution >= 4 is 28.1 Å². The Morgan fingerprint density at radius 3 is 3.00 bits per heavy atom. The van der Waals surface area contributed by atoms with Gasteiger partial charge in [-0.1, -0.05) is 12.1 Å². The maximum absolute atomic E-state index is 11.7. The molecule has 0 aliphatic carbocycles. The molecule has 0 atom stereocenters. The zero-order valence-corrected chi connectivity index (χ0v) is 10.3. The van der Waals surface area contributed by atoms with Crippen LogP contribution in [0.5, 0.6) is 0 Å². The number of nitrogens with one attached hydrogen (secondary N) is 1. The third-order valence-electron chi connectivity index (χ3n) is 2.18. The van der Waals surface area contributed by atoms with Gasteiger partial charge in [-0.2, -0.15) is 0 Å². The average Bonchev–Trinajstić information content (AvgIpc) is 2.63. The molecule has 5 heteroatoms. The molecule has 1 amide bonds. The van der Waals surface area contributed by atoms with Crippen LogP contribution in [0.4, 0.5) is 10.8 Å². The molecule has 0 spiro atoms. The number of rotatable bonds is 3. The van der Waals surface area contributed by atoms with Crippen molar-refractivity contribution in [3.8, 4) is 0 Å². The first kappa shape index (κ1) is 11.6. The molecule has 0 unspecified atom stereocenters. The van der Waals surface area contributed by atoms with E-state index >= 15 is 0 Å². The minimum absolute atomic E-state index is 0.0787. The number of carbonyl (C=O) groups is 1. The first-order chi connectivity index (χ1) is 8.13. The van der Waals surface area contributed by atoms with Crippen LogP contribution >= 0.6 is 11.3 Å². The molecule has 0 saturated heterocycles. The SMILES string of the molecule is Cc1cnc(NC(=O)Cc2cccc(N)c2)s1. The third kappa shape index (κ3) is 3.29. The molecule has 88 valence electrons. The number of nitrogen functional groups attached to an aromatic ring is 1. The Morgan fingerprint density at radius 2 is 2.35 bits per heavy atom. The average molecular weight is 247 g/mol. The molecule has 1 aromatic carbocycles. The third-order valence-corrected chi connectivity index (χ3v) is 3.01. The quantitative estimate of drug-likeness (QED) is 0.817. The summed E-state index contributed by atoms with van der Waals surface area (Å²) < 4.78 is 0. The molecule has 0 aliphatic rings. The summed E-state index contributed by atoms with van der Waals surface area (Å²) >= 11 is 1.46. The Labute approximate surface area is 103 Å². The van der Waals surface area contributed by atoms with Gasteiger partial charge in [-0.25, -0.2) is 4.98 Å². The Balaban J connectivity index is 1.98. The molecule has 1 aromatic heterocycles. The molecule has 0 fully saturated rings. The van der Waals surface area contributed by atoms with Crippen LogP contribution in [0.3, 0.4) is 0 Å². The Hall–Kier alpha value is -1.88. The second-order valence-corrected chi connectivity index (χ2v) is 4.98. The molecule has 0 saturated carbocycles. The van der Waals surface area contributed by atoms with E-state index in [1.165, 1.54) is 11.3 Å². The number of aryl methyl sites for hydroxylation is 1. The van der Waals surface area contributed by atoms with Crippen LogP contribution in [0.1, 0.15) is 10.4 Å². The van der Waals surface area contributed by atoms with Gasteiger partial charge in [0.05, 0.1) is 6.42 Å². The van der Waals surface area contributed by atoms with Crippen molar-refractivity contribution in [2.24, 2.45) is 0 Å². The van der Waals surface area contributed by atoms with Crippen molar-refractivity contribution in [3.63, 3.8) is 0 Å². The lowest BCUT2D eigenvalue weighted by Crippen LogP contribution is -2.14. The van der Waals surface area contributed by atoms with Crippen molar-refractivity contribution in [2.45, 2.75) is 13.3 Å². The number of aromatic nitrogens is 1. The molecule has 2 rings (SSSR count). The van der Waals surface area contributed by atoms with Gasteiger partial charge in [0.15, 0.2) is 5.13 Å². The van der Waals surface area contributed by atoms with Crippen LogP contribution in [-0.2, 0) is 11.2 Å². The predicted molar refractivity (Wildman–Crippen MR) is 70.0 cm³/mol. The van der Waals surface area contributed by atoms with E-state index in [0.717, 1.165) is 10.4 Å². The van der Waals surface area contributed by atoms with E-state index in [2.05, 4.69) is 10.3 Å². The Bertz CT molecular complexity index is 536. The zero-order valence-electron chi connectivity index (χ0n) is 9.43. The second kappa shape index (κ2) is 4.97. The van der Waals surface area contributed by atoms with E-state index in [-0.39, 0.29) is 5.91 Å². The first-order valence-electron chi connectivity index (χ1n) is 5.20. The molecule has 0 bridgehead atoms. The van der Waals surface area contributed by atoms with Gasteiger partial charge in [-0.05, 0) is 24.6 Å². The number of hydrogen-bond acceptors (Lipinski definition) is 4. The highest BCUT2D eigenvalue weighted by Gasteiger charge is 2.06. The van der Waals surface area contributed by atoms with E-state index in [1.54, 1.807) is 18.3 Å². The molecule has 4 nitrogen and oxygen atoms in total. The van der Waals surface area contributed by atoms with Crippen molar-refractivity contribution < 1.29 is 4.79 Å². The van der Waals surface area contributed by atoms with E-state index in [9.17, 15) is 4.79 Å². The van der Waals surface area contributed by atoms with Gasteiger partial charge < -0.3 is 11.1 Å². The summed E-state index contributed by atoms with van der Waals surface area (Å²) in [6.07, 6.45) is 2.05. The smallest absolute Gasteiger partial charge is 0.230 e. The van der Waals surface area contributed by atoms with Crippen molar-refractivity contribution in [1.29, 1.82) is 0 Å². The van der Waals surface area contributed by atoms with E-state index in [4.69, 9.17) is 5.73 Å². The number of benzene rings is 1. The standard InChI is InChI=1S/C12H13N3OS/c1-8-7-14-12(17-8)15-11(16)6-9-3-2-4-10(13)5-9/h2-5,7H,6,13H2,1H3,(H,14,15,16). The Morgan fingerprint density at radius 1 is 1.53 bits per heavy atom. The second-order valence-electron chi connectivity index (χ2n) is 3.75.